The van der Waals surface area contributed by atoms with Crippen LogP contribution in [0.15, 0.2) is 36.9 Å². The minimum absolute atomic E-state index is 0.0291. The summed E-state index contributed by atoms with van der Waals surface area (Å²) in [4.78, 5) is 27.6. The number of methoxy groups -OCH3 is 1. The molecule has 0 bridgehead atoms. The van der Waals surface area contributed by atoms with Gasteiger partial charge in [-0.15, -0.1) is 0 Å². The van der Waals surface area contributed by atoms with Crippen molar-refractivity contribution in [3.63, 3.8) is 0 Å². The number of hydrogen-bond acceptors (Lipinski definition) is 5. The predicted molar refractivity (Wildman–Crippen MR) is 118 cm³/mol. The van der Waals surface area contributed by atoms with Gasteiger partial charge >= 0.3 is 0 Å². The molecule has 0 aliphatic carbocycles. The number of aromatic nitrogens is 5. The molecule has 0 unspecified atom stereocenters. The minimum Gasteiger partial charge on any atom is -0.380 e. The minimum atomic E-state index is -0.182. The number of carbonyl (C=O) groups is 1. The SMILES string of the molecule is CCC(CC)n1ncc(C(=O)N2C[C@H](OC)C[C@@H]2c2ncc(-c3cccnc3)[nH]2)c1C. The predicted octanol–water partition coefficient (Wildman–Crippen LogP) is 3.94. The molecule has 4 heterocycles. The number of carbonyl (C=O) groups excluding carboxylic acids is 1. The maximum absolute atomic E-state index is 13.6. The maximum atomic E-state index is 13.6. The zero-order valence-electron chi connectivity index (χ0n) is 18.6. The van der Waals surface area contributed by atoms with Crippen LogP contribution in [0.2, 0.25) is 0 Å². The van der Waals surface area contributed by atoms with Gasteiger partial charge in [0.2, 0.25) is 0 Å². The summed E-state index contributed by atoms with van der Waals surface area (Å²) in [5, 5.41) is 4.54. The fraction of sp³-hybridized carbons (Fsp3) is 0.478. The first kappa shape index (κ1) is 21.2. The Morgan fingerprint density at radius 2 is 2.10 bits per heavy atom. The topological polar surface area (TPSA) is 88.9 Å². The lowest BCUT2D eigenvalue weighted by Gasteiger charge is -2.23. The third-order valence-electron chi connectivity index (χ3n) is 6.30. The number of pyridine rings is 1. The lowest BCUT2D eigenvalue weighted by Crippen LogP contribution is -2.32. The number of aromatic amines is 1. The molecule has 0 spiro atoms. The molecule has 8 heteroatoms. The van der Waals surface area contributed by atoms with Gasteiger partial charge in [0, 0.05) is 43.7 Å². The molecule has 0 aromatic carbocycles. The second kappa shape index (κ2) is 9.01. The summed E-state index contributed by atoms with van der Waals surface area (Å²) >= 11 is 0. The molecule has 1 N–H and O–H groups in total. The first-order chi connectivity index (χ1) is 15.1. The summed E-state index contributed by atoms with van der Waals surface area (Å²) in [5.41, 5.74) is 3.40. The molecule has 4 rings (SSSR count). The zero-order valence-corrected chi connectivity index (χ0v) is 18.6. The van der Waals surface area contributed by atoms with E-state index in [-0.39, 0.29) is 18.1 Å². The molecular formula is C23H30N6O2. The second-order valence-corrected chi connectivity index (χ2v) is 8.05. The molecule has 1 aliphatic heterocycles. The number of nitrogens with one attached hydrogen (secondary N) is 1. The van der Waals surface area contributed by atoms with E-state index in [1.807, 2.05) is 28.6 Å². The Morgan fingerprint density at radius 3 is 2.77 bits per heavy atom. The van der Waals surface area contributed by atoms with Crippen LogP contribution in [0.4, 0.5) is 0 Å². The van der Waals surface area contributed by atoms with Crippen LogP contribution in [0.3, 0.4) is 0 Å². The monoisotopic (exact) mass is 422 g/mol. The first-order valence-corrected chi connectivity index (χ1v) is 10.9. The molecule has 1 fully saturated rings. The normalized spacial score (nSPS) is 18.8. The smallest absolute Gasteiger partial charge is 0.258 e. The van der Waals surface area contributed by atoms with Crippen LogP contribution >= 0.6 is 0 Å². The summed E-state index contributed by atoms with van der Waals surface area (Å²) in [7, 11) is 1.69. The number of imidazole rings is 1. The number of hydrogen-bond donors (Lipinski definition) is 1. The summed E-state index contributed by atoms with van der Waals surface area (Å²) in [5.74, 6) is 0.732. The van der Waals surface area contributed by atoms with Crippen molar-refractivity contribution in [1.29, 1.82) is 0 Å². The van der Waals surface area contributed by atoms with E-state index in [1.165, 1.54) is 0 Å². The summed E-state index contributed by atoms with van der Waals surface area (Å²) in [6, 6.07) is 3.99. The van der Waals surface area contributed by atoms with Crippen molar-refractivity contribution >= 4 is 5.91 Å². The van der Waals surface area contributed by atoms with Gasteiger partial charge in [0.05, 0.1) is 41.8 Å². The quantitative estimate of drug-likeness (QED) is 0.623. The van der Waals surface area contributed by atoms with Crippen molar-refractivity contribution in [3.8, 4) is 11.3 Å². The van der Waals surface area contributed by atoms with E-state index >= 15 is 0 Å². The Morgan fingerprint density at radius 1 is 1.29 bits per heavy atom. The molecular weight excluding hydrogens is 392 g/mol. The van der Waals surface area contributed by atoms with E-state index in [9.17, 15) is 4.79 Å². The van der Waals surface area contributed by atoms with Crippen LogP contribution in [0, 0.1) is 6.92 Å². The highest BCUT2D eigenvalue weighted by Crippen LogP contribution is 2.34. The van der Waals surface area contributed by atoms with Crippen molar-refractivity contribution in [2.75, 3.05) is 13.7 Å². The zero-order chi connectivity index (χ0) is 22.0. The van der Waals surface area contributed by atoms with Crippen molar-refractivity contribution in [2.24, 2.45) is 0 Å². The maximum Gasteiger partial charge on any atom is 0.258 e. The number of rotatable bonds is 7. The standard InChI is InChI=1S/C23H30N6O2/c1-5-17(6-2)29-15(3)19(12-26-29)23(30)28-14-18(31-4)10-21(28)22-25-13-20(27-22)16-8-7-9-24-11-16/h7-9,11-13,17-18,21H,5-6,10,14H2,1-4H3,(H,25,27)/t18-,21-/m1/s1. The van der Waals surface area contributed by atoms with Gasteiger partial charge in [-0.2, -0.15) is 5.10 Å². The van der Waals surface area contributed by atoms with Crippen molar-refractivity contribution in [1.82, 2.24) is 29.6 Å². The highest BCUT2D eigenvalue weighted by atomic mass is 16.5. The van der Waals surface area contributed by atoms with Crippen LogP contribution < -0.4 is 0 Å². The van der Waals surface area contributed by atoms with Gasteiger partial charge in [-0.25, -0.2) is 4.98 Å². The summed E-state index contributed by atoms with van der Waals surface area (Å²) in [6.07, 6.45) is 9.66. The Hall–Kier alpha value is -3.00. The Labute approximate surface area is 182 Å². The third kappa shape index (κ3) is 3.99. The van der Waals surface area contributed by atoms with Gasteiger partial charge in [0.1, 0.15) is 5.82 Å². The Bertz CT molecular complexity index is 1020. The number of likely N-dealkylation sites (tertiary alicyclic amines) is 1. The van der Waals surface area contributed by atoms with Crippen LogP contribution in [0.25, 0.3) is 11.3 Å². The molecule has 1 amide bonds. The van der Waals surface area contributed by atoms with Gasteiger partial charge in [0.25, 0.3) is 5.91 Å². The van der Waals surface area contributed by atoms with Crippen LogP contribution in [-0.4, -0.2) is 55.3 Å². The van der Waals surface area contributed by atoms with Crippen molar-refractivity contribution in [3.05, 3.63) is 54.0 Å². The van der Waals surface area contributed by atoms with Crippen molar-refractivity contribution < 1.29 is 9.53 Å². The third-order valence-corrected chi connectivity index (χ3v) is 6.30. The first-order valence-electron chi connectivity index (χ1n) is 10.9. The fourth-order valence-corrected chi connectivity index (χ4v) is 4.42. The second-order valence-electron chi connectivity index (χ2n) is 8.05. The van der Waals surface area contributed by atoms with Crippen LogP contribution in [0.5, 0.6) is 0 Å². The molecule has 3 aromatic rings. The number of nitrogens with zero attached hydrogens (tertiary/aromatic N) is 5. The van der Waals surface area contributed by atoms with Crippen molar-refractivity contribution in [2.45, 2.75) is 58.2 Å². The molecule has 0 radical (unpaired) electrons. The number of H-pyrrole nitrogens is 1. The highest BCUT2D eigenvalue weighted by molar-refractivity contribution is 5.95. The molecule has 31 heavy (non-hydrogen) atoms. The van der Waals surface area contributed by atoms with E-state index in [4.69, 9.17) is 4.74 Å². The number of amides is 1. The molecule has 0 saturated carbocycles. The average Bonchev–Trinajstić information content (AvgIpc) is 3.53. The van der Waals surface area contributed by atoms with Gasteiger partial charge in [-0.1, -0.05) is 13.8 Å². The molecule has 1 saturated heterocycles. The van der Waals surface area contributed by atoms with Crippen LogP contribution in [0.1, 0.15) is 67.1 Å². The van der Waals surface area contributed by atoms with E-state index in [0.29, 0.717) is 24.6 Å². The van der Waals surface area contributed by atoms with Gasteiger partial charge in [-0.05, 0) is 31.9 Å². The van der Waals surface area contributed by atoms with E-state index in [2.05, 4.69) is 33.9 Å². The summed E-state index contributed by atoms with van der Waals surface area (Å²) < 4.78 is 7.60. The van der Waals surface area contributed by atoms with Gasteiger partial charge < -0.3 is 14.6 Å². The Balaban J connectivity index is 1.63. The Kier molecular flexibility index (Phi) is 6.18. The molecule has 8 nitrogen and oxygen atoms in total. The lowest BCUT2D eigenvalue weighted by molar-refractivity contribution is 0.0683. The lowest BCUT2D eigenvalue weighted by atomic mass is 10.1. The molecule has 1 aliphatic rings. The largest absolute Gasteiger partial charge is 0.380 e. The molecule has 3 aromatic heterocycles. The van der Waals surface area contributed by atoms with Gasteiger partial charge in [-0.3, -0.25) is 14.5 Å². The molecule has 2 atom stereocenters. The summed E-state index contributed by atoms with van der Waals surface area (Å²) in [6.45, 7) is 6.80. The average molecular weight is 423 g/mol. The molecule has 164 valence electrons. The van der Waals surface area contributed by atoms with Crippen LogP contribution in [-0.2, 0) is 4.74 Å². The van der Waals surface area contributed by atoms with E-state index < -0.39 is 0 Å². The van der Waals surface area contributed by atoms with Gasteiger partial charge in [0.15, 0.2) is 0 Å². The van der Waals surface area contributed by atoms with E-state index in [0.717, 1.165) is 35.6 Å². The van der Waals surface area contributed by atoms with E-state index in [1.54, 1.807) is 31.9 Å². The fourth-order valence-electron chi connectivity index (χ4n) is 4.42. The number of ether oxygens (including phenoxy) is 1. The highest BCUT2D eigenvalue weighted by Gasteiger charge is 2.39.